The summed E-state index contributed by atoms with van der Waals surface area (Å²) in [6.45, 7) is 8.76. The van der Waals surface area contributed by atoms with Gasteiger partial charge in [-0.25, -0.2) is 4.98 Å². The van der Waals surface area contributed by atoms with E-state index in [1.165, 1.54) is 27.4 Å². The Hall–Kier alpha value is -2.61. The number of fused-ring (bicyclic) bond motifs is 3. The van der Waals surface area contributed by atoms with Gasteiger partial charge in [-0.15, -0.1) is 0 Å². The van der Waals surface area contributed by atoms with Gasteiger partial charge in [-0.1, -0.05) is 63.2 Å². The van der Waals surface area contributed by atoms with Crippen molar-refractivity contribution in [1.82, 2.24) is 9.55 Å². The van der Waals surface area contributed by atoms with Crippen LogP contribution < -0.4 is 0 Å². The summed E-state index contributed by atoms with van der Waals surface area (Å²) in [5.41, 5.74) is 4.75. The first-order valence-electron chi connectivity index (χ1n) is 8.43. The van der Waals surface area contributed by atoms with Gasteiger partial charge in [0, 0.05) is 21.9 Å². The molecule has 0 saturated carbocycles. The second-order valence-electron chi connectivity index (χ2n) is 7.46. The van der Waals surface area contributed by atoms with E-state index < -0.39 is 0 Å². The molecule has 0 aliphatic carbocycles. The molecule has 2 heterocycles. The first kappa shape index (κ1) is 14.9. The maximum atomic E-state index is 5.05. The summed E-state index contributed by atoms with van der Waals surface area (Å²) in [7, 11) is 0. The lowest BCUT2D eigenvalue weighted by Gasteiger charge is -2.20. The molecule has 4 aromatic rings. The summed E-state index contributed by atoms with van der Waals surface area (Å²) in [6.07, 6.45) is 0. The largest absolute Gasteiger partial charge is 0.294 e. The molecule has 2 aromatic carbocycles. The van der Waals surface area contributed by atoms with Gasteiger partial charge in [0.15, 0.2) is 0 Å². The van der Waals surface area contributed by atoms with Crippen molar-refractivity contribution in [3.05, 3.63) is 71.9 Å². The van der Waals surface area contributed by atoms with E-state index in [1.807, 2.05) is 0 Å². The number of aryl methyl sites for hydroxylation is 1. The van der Waals surface area contributed by atoms with Gasteiger partial charge in [0.25, 0.3) is 0 Å². The lowest BCUT2D eigenvalue weighted by molar-refractivity contribution is 0.567. The van der Waals surface area contributed by atoms with Crippen LogP contribution in [-0.4, -0.2) is 9.55 Å². The monoisotopic (exact) mass is 314 g/mol. The van der Waals surface area contributed by atoms with E-state index in [9.17, 15) is 0 Å². The summed E-state index contributed by atoms with van der Waals surface area (Å²) >= 11 is 0. The number of rotatable bonds is 1. The number of hydrogen-bond acceptors (Lipinski definition) is 1. The fourth-order valence-corrected chi connectivity index (χ4v) is 3.31. The van der Waals surface area contributed by atoms with Crippen molar-refractivity contribution >= 4 is 21.8 Å². The van der Waals surface area contributed by atoms with E-state index >= 15 is 0 Å². The van der Waals surface area contributed by atoms with Crippen LogP contribution in [0.15, 0.2) is 60.7 Å². The van der Waals surface area contributed by atoms with Crippen LogP contribution in [-0.2, 0) is 5.41 Å². The summed E-state index contributed by atoms with van der Waals surface area (Å²) in [4.78, 5) is 5.05. The second kappa shape index (κ2) is 5.20. The van der Waals surface area contributed by atoms with Gasteiger partial charge in [-0.05, 0) is 30.7 Å². The van der Waals surface area contributed by atoms with E-state index in [1.54, 1.807) is 0 Å². The Kier molecular flexibility index (Phi) is 3.24. The predicted molar refractivity (Wildman–Crippen MR) is 102 cm³/mol. The maximum Gasteiger partial charge on any atom is 0.140 e. The van der Waals surface area contributed by atoms with Crippen LogP contribution in [0.5, 0.6) is 0 Å². The van der Waals surface area contributed by atoms with Crippen molar-refractivity contribution < 1.29 is 0 Å². The Bertz CT molecular complexity index is 995. The highest BCUT2D eigenvalue weighted by molar-refractivity contribution is 6.09. The fraction of sp³-hybridized carbons (Fsp3) is 0.227. The number of nitrogens with zero attached hydrogens (tertiary/aromatic N) is 2. The number of pyridine rings is 1. The molecule has 0 unspecified atom stereocenters. The molecule has 120 valence electrons. The number of para-hydroxylation sites is 2. The standard InChI is InChI=1S/C22H22N2/c1-15-13-14-20(22(2,3)4)23-21(15)24-18-11-7-5-9-16(18)17-10-6-8-12-19(17)24/h5-14H,1-4H3. The molecule has 0 aliphatic rings. The molecule has 4 rings (SSSR count). The molecule has 2 nitrogen and oxygen atoms in total. The summed E-state index contributed by atoms with van der Waals surface area (Å²) in [6, 6.07) is 21.5. The molecule has 0 fully saturated rings. The highest BCUT2D eigenvalue weighted by Gasteiger charge is 2.19. The summed E-state index contributed by atoms with van der Waals surface area (Å²) in [5.74, 6) is 1.03. The third-order valence-electron chi connectivity index (χ3n) is 4.63. The third-order valence-corrected chi connectivity index (χ3v) is 4.63. The van der Waals surface area contributed by atoms with Gasteiger partial charge in [0.05, 0.1) is 11.0 Å². The molecular formula is C22H22N2. The molecule has 0 bridgehead atoms. The molecule has 2 heteroatoms. The molecule has 24 heavy (non-hydrogen) atoms. The average molecular weight is 314 g/mol. The summed E-state index contributed by atoms with van der Waals surface area (Å²) in [5, 5.41) is 2.55. The summed E-state index contributed by atoms with van der Waals surface area (Å²) < 4.78 is 2.30. The van der Waals surface area contributed by atoms with Gasteiger partial charge in [-0.3, -0.25) is 4.57 Å². The molecule has 0 amide bonds. The first-order valence-corrected chi connectivity index (χ1v) is 8.43. The Morgan fingerprint density at radius 3 is 1.83 bits per heavy atom. The van der Waals surface area contributed by atoms with Crippen LogP contribution in [0.2, 0.25) is 0 Å². The first-order chi connectivity index (χ1) is 11.5. The quantitative estimate of drug-likeness (QED) is 0.435. The highest BCUT2D eigenvalue weighted by Crippen LogP contribution is 2.33. The van der Waals surface area contributed by atoms with Crippen LogP contribution in [0, 0.1) is 6.92 Å². The number of aromatic nitrogens is 2. The zero-order valence-electron chi connectivity index (χ0n) is 14.7. The molecule has 0 spiro atoms. The maximum absolute atomic E-state index is 5.05. The van der Waals surface area contributed by atoms with E-state index in [0.717, 1.165) is 11.5 Å². The fourth-order valence-electron chi connectivity index (χ4n) is 3.31. The van der Waals surface area contributed by atoms with Crippen molar-refractivity contribution in [2.24, 2.45) is 0 Å². The molecule has 0 radical (unpaired) electrons. The van der Waals surface area contributed by atoms with Crippen molar-refractivity contribution in [2.75, 3.05) is 0 Å². The van der Waals surface area contributed by atoms with Crippen LogP contribution in [0.25, 0.3) is 27.6 Å². The van der Waals surface area contributed by atoms with E-state index in [-0.39, 0.29) is 5.41 Å². The van der Waals surface area contributed by atoms with Crippen LogP contribution in [0.4, 0.5) is 0 Å². The Labute approximate surface area is 142 Å². The Morgan fingerprint density at radius 2 is 1.29 bits per heavy atom. The molecule has 2 aromatic heterocycles. The minimum absolute atomic E-state index is 0.0290. The molecular weight excluding hydrogens is 292 g/mol. The van der Waals surface area contributed by atoms with E-state index in [4.69, 9.17) is 4.98 Å². The average Bonchev–Trinajstić information content (AvgIpc) is 2.89. The van der Waals surface area contributed by atoms with Gasteiger partial charge in [0.1, 0.15) is 5.82 Å². The zero-order valence-corrected chi connectivity index (χ0v) is 14.7. The van der Waals surface area contributed by atoms with E-state index in [2.05, 4.69) is 92.9 Å². The van der Waals surface area contributed by atoms with Crippen molar-refractivity contribution in [3.63, 3.8) is 0 Å². The van der Waals surface area contributed by atoms with Crippen LogP contribution >= 0.6 is 0 Å². The highest BCUT2D eigenvalue weighted by atomic mass is 15.1. The zero-order chi connectivity index (χ0) is 16.9. The van der Waals surface area contributed by atoms with Crippen molar-refractivity contribution in [2.45, 2.75) is 33.1 Å². The van der Waals surface area contributed by atoms with Gasteiger partial charge >= 0.3 is 0 Å². The Balaban J connectivity index is 2.13. The lowest BCUT2D eigenvalue weighted by Crippen LogP contribution is -2.15. The number of hydrogen-bond donors (Lipinski definition) is 0. The normalized spacial score (nSPS) is 12.2. The smallest absolute Gasteiger partial charge is 0.140 e. The van der Waals surface area contributed by atoms with Gasteiger partial charge in [-0.2, -0.15) is 0 Å². The van der Waals surface area contributed by atoms with Crippen LogP contribution in [0.3, 0.4) is 0 Å². The van der Waals surface area contributed by atoms with Gasteiger partial charge < -0.3 is 0 Å². The molecule has 0 saturated heterocycles. The molecule has 0 N–H and O–H groups in total. The predicted octanol–water partition coefficient (Wildman–Crippen LogP) is 5.78. The second-order valence-corrected chi connectivity index (χ2v) is 7.46. The third kappa shape index (κ3) is 2.22. The number of benzene rings is 2. The topological polar surface area (TPSA) is 17.8 Å². The van der Waals surface area contributed by atoms with Gasteiger partial charge in [0.2, 0.25) is 0 Å². The van der Waals surface area contributed by atoms with Crippen LogP contribution in [0.1, 0.15) is 32.0 Å². The minimum atomic E-state index is 0.0290. The van der Waals surface area contributed by atoms with Crippen molar-refractivity contribution in [1.29, 1.82) is 0 Å². The molecule has 0 aliphatic heterocycles. The van der Waals surface area contributed by atoms with E-state index in [0.29, 0.717) is 0 Å². The minimum Gasteiger partial charge on any atom is -0.294 e. The Morgan fingerprint density at radius 1 is 0.750 bits per heavy atom. The molecule has 0 atom stereocenters. The lowest BCUT2D eigenvalue weighted by atomic mass is 9.91. The SMILES string of the molecule is Cc1ccc(C(C)(C)C)nc1-n1c2ccccc2c2ccccc21. The van der Waals surface area contributed by atoms with Crippen molar-refractivity contribution in [3.8, 4) is 5.82 Å².